The van der Waals surface area contributed by atoms with E-state index in [9.17, 15) is 4.79 Å². The Morgan fingerprint density at radius 1 is 1.50 bits per heavy atom. The summed E-state index contributed by atoms with van der Waals surface area (Å²) in [5.74, 6) is -0.0907. The van der Waals surface area contributed by atoms with Crippen molar-refractivity contribution in [1.82, 2.24) is 15.1 Å². The van der Waals surface area contributed by atoms with Crippen molar-refractivity contribution < 1.29 is 4.79 Å². The molecule has 1 aromatic heterocycles. The molecule has 2 aromatic rings. The summed E-state index contributed by atoms with van der Waals surface area (Å²) in [6.45, 7) is 2.52. The minimum Gasteiger partial charge on any atom is -0.355 e. The highest BCUT2D eigenvalue weighted by atomic mass is 35.5. The molecule has 1 N–H and O–H groups in total. The van der Waals surface area contributed by atoms with E-state index in [1.807, 2.05) is 29.8 Å². The zero-order valence-corrected chi connectivity index (χ0v) is 11.0. The van der Waals surface area contributed by atoms with Crippen molar-refractivity contribution in [3.8, 4) is 0 Å². The van der Waals surface area contributed by atoms with Crippen LogP contribution >= 0.6 is 11.6 Å². The first kappa shape index (κ1) is 12.6. The highest BCUT2D eigenvalue weighted by Crippen LogP contribution is 2.15. The van der Waals surface area contributed by atoms with E-state index in [0.717, 1.165) is 11.3 Å². The minimum atomic E-state index is -0.0907. The van der Waals surface area contributed by atoms with Crippen LogP contribution in [0.4, 0.5) is 0 Å². The molecule has 4 nitrogen and oxygen atoms in total. The van der Waals surface area contributed by atoms with E-state index in [1.165, 1.54) is 0 Å². The Balaban J connectivity index is 2.24. The number of hydrogen-bond acceptors (Lipinski definition) is 2. The molecule has 1 amide bonds. The summed E-state index contributed by atoms with van der Waals surface area (Å²) >= 11 is 5.95. The average molecular weight is 264 g/mol. The molecule has 0 spiro atoms. The molecule has 0 saturated carbocycles. The molecule has 94 valence electrons. The number of aromatic nitrogens is 2. The van der Waals surface area contributed by atoms with Crippen molar-refractivity contribution in [3.05, 3.63) is 52.3 Å². The van der Waals surface area contributed by atoms with Crippen molar-refractivity contribution in [2.75, 3.05) is 7.05 Å². The SMILES string of the molecule is CNC(=O)c1cccc(Cn2ncc(Cl)c2C)c1. The summed E-state index contributed by atoms with van der Waals surface area (Å²) in [5, 5.41) is 7.45. The number of benzene rings is 1. The molecule has 0 atom stereocenters. The van der Waals surface area contributed by atoms with Crippen molar-refractivity contribution in [2.45, 2.75) is 13.5 Å². The fraction of sp³-hybridized carbons (Fsp3) is 0.231. The maximum absolute atomic E-state index is 11.5. The van der Waals surface area contributed by atoms with E-state index in [4.69, 9.17) is 11.6 Å². The number of rotatable bonds is 3. The van der Waals surface area contributed by atoms with Crippen LogP contribution in [0, 0.1) is 6.92 Å². The van der Waals surface area contributed by atoms with Gasteiger partial charge in [0.2, 0.25) is 0 Å². The van der Waals surface area contributed by atoms with Crippen LogP contribution in [-0.4, -0.2) is 22.7 Å². The Morgan fingerprint density at radius 2 is 2.28 bits per heavy atom. The van der Waals surface area contributed by atoms with Gasteiger partial charge in [0.15, 0.2) is 0 Å². The van der Waals surface area contributed by atoms with Gasteiger partial charge in [0.25, 0.3) is 5.91 Å². The second kappa shape index (κ2) is 5.23. The molecule has 0 fully saturated rings. The van der Waals surface area contributed by atoms with Gasteiger partial charge in [0, 0.05) is 12.6 Å². The number of hydrogen-bond donors (Lipinski definition) is 1. The van der Waals surface area contributed by atoms with Gasteiger partial charge in [0.1, 0.15) is 0 Å². The molecule has 0 unspecified atom stereocenters. The summed E-state index contributed by atoms with van der Waals surface area (Å²) in [4.78, 5) is 11.5. The Kier molecular flexibility index (Phi) is 3.67. The lowest BCUT2D eigenvalue weighted by Gasteiger charge is -2.06. The molecule has 0 aliphatic heterocycles. The van der Waals surface area contributed by atoms with Crippen LogP contribution in [-0.2, 0) is 6.54 Å². The second-order valence-electron chi connectivity index (χ2n) is 4.02. The number of carbonyl (C=O) groups is 1. The first-order valence-electron chi connectivity index (χ1n) is 5.60. The topological polar surface area (TPSA) is 46.9 Å². The summed E-state index contributed by atoms with van der Waals surface area (Å²) < 4.78 is 1.81. The molecule has 0 bridgehead atoms. The zero-order chi connectivity index (χ0) is 13.1. The lowest BCUT2D eigenvalue weighted by Crippen LogP contribution is -2.18. The molecule has 0 radical (unpaired) electrons. The molecule has 0 saturated heterocycles. The van der Waals surface area contributed by atoms with Crippen molar-refractivity contribution in [3.63, 3.8) is 0 Å². The van der Waals surface area contributed by atoms with Gasteiger partial charge in [-0.25, -0.2) is 0 Å². The van der Waals surface area contributed by atoms with E-state index in [0.29, 0.717) is 17.1 Å². The summed E-state index contributed by atoms with van der Waals surface area (Å²) in [6, 6.07) is 7.46. The molecular weight excluding hydrogens is 250 g/mol. The largest absolute Gasteiger partial charge is 0.355 e. The van der Waals surface area contributed by atoms with Gasteiger partial charge in [-0.3, -0.25) is 9.48 Å². The van der Waals surface area contributed by atoms with Crippen molar-refractivity contribution >= 4 is 17.5 Å². The summed E-state index contributed by atoms with van der Waals surface area (Å²) in [6.07, 6.45) is 1.62. The number of nitrogens with one attached hydrogen (secondary N) is 1. The molecule has 5 heteroatoms. The molecule has 18 heavy (non-hydrogen) atoms. The van der Waals surface area contributed by atoms with Gasteiger partial charge < -0.3 is 5.32 Å². The number of nitrogens with zero attached hydrogens (tertiary/aromatic N) is 2. The molecule has 2 rings (SSSR count). The third-order valence-electron chi connectivity index (χ3n) is 2.79. The first-order valence-corrected chi connectivity index (χ1v) is 5.98. The molecule has 0 aliphatic carbocycles. The fourth-order valence-corrected chi connectivity index (χ4v) is 1.85. The molecular formula is C13H14ClN3O. The van der Waals surface area contributed by atoms with Gasteiger partial charge in [-0.2, -0.15) is 5.10 Å². The Labute approximate surface area is 111 Å². The van der Waals surface area contributed by atoms with Crippen LogP contribution in [0.1, 0.15) is 21.6 Å². The van der Waals surface area contributed by atoms with Crippen LogP contribution in [0.2, 0.25) is 5.02 Å². The van der Waals surface area contributed by atoms with Gasteiger partial charge in [-0.15, -0.1) is 0 Å². The smallest absolute Gasteiger partial charge is 0.251 e. The van der Waals surface area contributed by atoms with Crippen LogP contribution in [0.25, 0.3) is 0 Å². The Bertz CT molecular complexity index is 577. The maximum atomic E-state index is 11.5. The maximum Gasteiger partial charge on any atom is 0.251 e. The molecule has 1 heterocycles. The predicted molar refractivity (Wildman–Crippen MR) is 70.9 cm³/mol. The second-order valence-corrected chi connectivity index (χ2v) is 4.42. The zero-order valence-electron chi connectivity index (χ0n) is 10.3. The third-order valence-corrected chi connectivity index (χ3v) is 3.16. The monoisotopic (exact) mass is 263 g/mol. The van der Waals surface area contributed by atoms with Crippen LogP contribution < -0.4 is 5.32 Å². The normalized spacial score (nSPS) is 10.4. The average Bonchev–Trinajstić information content (AvgIpc) is 2.70. The van der Waals surface area contributed by atoms with Crippen LogP contribution in [0.15, 0.2) is 30.5 Å². The number of halogens is 1. The lowest BCUT2D eigenvalue weighted by molar-refractivity contribution is 0.0963. The van der Waals surface area contributed by atoms with E-state index < -0.39 is 0 Å². The molecule has 1 aromatic carbocycles. The lowest BCUT2D eigenvalue weighted by atomic mass is 10.1. The molecule has 0 aliphatic rings. The van der Waals surface area contributed by atoms with E-state index in [2.05, 4.69) is 10.4 Å². The highest BCUT2D eigenvalue weighted by molar-refractivity contribution is 6.31. The Morgan fingerprint density at radius 3 is 2.89 bits per heavy atom. The first-order chi connectivity index (χ1) is 8.61. The van der Waals surface area contributed by atoms with Crippen LogP contribution in [0.3, 0.4) is 0 Å². The minimum absolute atomic E-state index is 0.0907. The third kappa shape index (κ3) is 2.54. The number of amides is 1. The Hall–Kier alpha value is -1.81. The van der Waals surface area contributed by atoms with Gasteiger partial charge in [0.05, 0.1) is 23.5 Å². The predicted octanol–water partition coefficient (Wildman–Crippen LogP) is 2.25. The standard InChI is InChI=1S/C13H14ClN3O/c1-9-12(14)7-16-17(9)8-10-4-3-5-11(6-10)13(18)15-2/h3-7H,8H2,1-2H3,(H,15,18). The number of carbonyl (C=O) groups excluding carboxylic acids is 1. The van der Waals surface area contributed by atoms with Gasteiger partial charge in [-0.05, 0) is 24.6 Å². The van der Waals surface area contributed by atoms with E-state index >= 15 is 0 Å². The van der Waals surface area contributed by atoms with Crippen LogP contribution in [0.5, 0.6) is 0 Å². The fourth-order valence-electron chi connectivity index (χ4n) is 1.71. The summed E-state index contributed by atoms with van der Waals surface area (Å²) in [7, 11) is 1.62. The quantitative estimate of drug-likeness (QED) is 0.923. The van der Waals surface area contributed by atoms with E-state index in [-0.39, 0.29) is 5.91 Å². The van der Waals surface area contributed by atoms with E-state index in [1.54, 1.807) is 19.3 Å². The van der Waals surface area contributed by atoms with Gasteiger partial charge in [-0.1, -0.05) is 23.7 Å². The van der Waals surface area contributed by atoms with Gasteiger partial charge >= 0.3 is 0 Å². The van der Waals surface area contributed by atoms with Crippen molar-refractivity contribution in [2.24, 2.45) is 0 Å². The summed E-state index contributed by atoms with van der Waals surface area (Å²) in [5.41, 5.74) is 2.58. The highest BCUT2D eigenvalue weighted by Gasteiger charge is 2.07. The van der Waals surface area contributed by atoms with Crippen molar-refractivity contribution in [1.29, 1.82) is 0 Å².